The third kappa shape index (κ3) is 2.76. The van der Waals surface area contributed by atoms with Crippen molar-refractivity contribution in [3.63, 3.8) is 0 Å². The van der Waals surface area contributed by atoms with Crippen LogP contribution < -0.4 is 0 Å². The van der Waals surface area contributed by atoms with E-state index in [1.165, 1.54) is 16.6 Å². The molecule has 0 N–H and O–H groups in total. The second-order valence-corrected chi connectivity index (χ2v) is 7.65. The number of halogens is 1. The summed E-state index contributed by atoms with van der Waals surface area (Å²) in [4.78, 5) is 3.91. The van der Waals surface area contributed by atoms with E-state index in [-0.39, 0.29) is 10.0 Å². The summed E-state index contributed by atoms with van der Waals surface area (Å²) >= 11 is 7.62. The summed E-state index contributed by atoms with van der Waals surface area (Å²) in [6.45, 7) is 3.08. The molecular formula is C10H13ClN2O2S2. The number of aromatic nitrogens is 1. The first kappa shape index (κ1) is 13.1. The van der Waals surface area contributed by atoms with E-state index >= 15 is 0 Å². The lowest BCUT2D eigenvalue weighted by molar-refractivity contribution is 0.424. The van der Waals surface area contributed by atoms with E-state index in [9.17, 15) is 8.42 Å². The van der Waals surface area contributed by atoms with E-state index < -0.39 is 10.0 Å². The van der Waals surface area contributed by atoms with Crippen molar-refractivity contribution in [2.45, 2.75) is 17.1 Å². The van der Waals surface area contributed by atoms with Gasteiger partial charge < -0.3 is 0 Å². The van der Waals surface area contributed by atoms with Crippen LogP contribution >= 0.6 is 23.4 Å². The quantitative estimate of drug-likeness (QED) is 0.781. The van der Waals surface area contributed by atoms with Gasteiger partial charge in [-0.05, 0) is 12.1 Å². The topological polar surface area (TPSA) is 50.3 Å². The molecule has 2 heterocycles. The number of thioether (sulfide) groups is 1. The van der Waals surface area contributed by atoms with Crippen LogP contribution in [0, 0.1) is 0 Å². The number of hydrogen-bond acceptors (Lipinski definition) is 4. The molecule has 2 rings (SSSR count). The Morgan fingerprint density at radius 3 is 3.00 bits per heavy atom. The Morgan fingerprint density at radius 2 is 2.35 bits per heavy atom. The van der Waals surface area contributed by atoms with Crippen molar-refractivity contribution in [2.75, 3.05) is 18.8 Å². The van der Waals surface area contributed by atoms with Crippen LogP contribution in [0.5, 0.6) is 0 Å². The monoisotopic (exact) mass is 292 g/mol. The highest BCUT2D eigenvalue weighted by molar-refractivity contribution is 8.00. The van der Waals surface area contributed by atoms with Gasteiger partial charge in [0.05, 0.1) is 0 Å². The van der Waals surface area contributed by atoms with Crippen LogP contribution in [0.3, 0.4) is 0 Å². The second-order valence-electron chi connectivity index (χ2n) is 3.84. The van der Waals surface area contributed by atoms with Crippen molar-refractivity contribution >= 4 is 33.4 Å². The molecule has 17 heavy (non-hydrogen) atoms. The van der Waals surface area contributed by atoms with Crippen molar-refractivity contribution < 1.29 is 8.42 Å². The average molecular weight is 293 g/mol. The molecule has 1 aliphatic rings. The third-order valence-corrected chi connectivity index (χ3v) is 5.99. The van der Waals surface area contributed by atoms with E-state index in [1.807, 2.05) is 6.92 Å². The minimum absolute atomic E-state index is 0.0402. The molecule has 0 amide bonds. The summed E-state index contributed by atoms with van der Waals surface area (Å²) < 4.78 is 26.2. The maximum absolute atomic E-state index is 12.3. The molecule has 1 aromatic heterocycles. The fourth-order valence-electron chi connectivity index (χ4n) is 1.71. The smallest absolute Gasteiger partial charge is 0.243 e. The van der Waals surface area contributed by atoms with Gasteiger partial charge in [0.2, 0.25) is 10.0 Å². The molecule has 0 bridgehead atoms. The molecule has 0 aliphatic carbocycles. The summed E-state index contributed by atoms with van der Waals surface area (Å²) in [5.74, 6) is 0.818. The van der Waals surface area contributed by atoms with Crippen LogP contribution in [0.15, 0.2) is 23.2 Å². The lowest BCUT2D eigenvalue weighted by Gasteiger charge is -2.29. The van der Waals surface area contributed by atoms with Gasteiger partial charge in [0.15, 0.2) is 0 Å². The summed E-state index contributed by atoms with van der Waals surface area (Å²) in [5.41, 5.74) is 0. The molecule has 1 aliphatic heterocycles. The minimum Gasteiger partial charge on any atom is -0.243 e. The van der Waals surface area contributed by atoms with Crippen molar-refractivity contribution in [1.82, 2.24) is 9.29 Å². The fraction of sp³-hybridized carbons (Fsp3) is 0.500. The molecule has 1 fully saturated rings. The van der Waals surface area contributed by atoms with Crippen LogP contribution in [0.4, 0.5) is 0 Å². The molecule has 1 aromatic rings. The van der Waals surface area contributed by atoms with Crippen molar-refractivity contribution in [1.29, 1.82) is 0 Å². The highest BCUT2D eigenvalue weighted by Gasteiger charge is 2.30. The molecule has 0 spiro atoms. The molecule has 7 heteroatoms. The Bertz CT molecular complexity index is 507. The van der Waals surface area contributed by atoms with Gasteiger partial charge >= 0.3 is 0 Å². The van der Waals surface area contributed by atoms with E-state index in [0.717, 1.165) is 5.75 Å². The van der Waals surface area contributed by atoms with Crippen LogP contribution in [-0.4, -0.2) is 41.8 Å². The van der Waals surface area contributed by atoms with Gasteiger partial charge in [0, 0.05) is 30.3 Å². The number of pyridine rings is 1. The van der Waals surface area contributed by atoms with Crippen LogP contribution in [0.1, 0.15) is 6.92 Å². The van der Waals surface area contributed by atoms with Crippen molar-refractivity contribution in [3.05, 3.63) is 23.5 Å². The molecule has 0 saturated carbocycles. The molecule has 4 nitrogen and oxygen atoms in total. The lowest BCUT2D eigenvalue weighted by atomic mass is 10.4. The van der Waals surface area contributed by atoms with E-state index in [4.69, 9.17) is 11.6 Å². The predicted molar refractivity (Wildman–Crippen MR) is 69.9 cm³/mol. The Labute approximate surface area is 110 Å². The first-order chi connectivity index (χ1) is 8.01. The Kier molecular flexibility index (Phi) is 3.97. The molecular weight excluding hydrogens is 280 g/mol. The minimum atomic E-state index is -3.50. The van der Waals surface area contributed by atoms with Crippen molar-refractivity contribution in [2.24, 2.45) is 0 Å². The number of hydrogen-bond donors (Lipinski definition) is 0. The van der Waals surface area contributed by atoms with E-state index in [0.29, 0.717) is 18.3 Å². The molecule has 1 atom stereocenters. The van der Waals surface area contributed by atoms with Crippen molar-refractivity contribution in [3.8, 4) is 0 Å². The molecule has 94 valence electrons. The zero-order chi connectivity index (χ0) is 12.5. The average Bonchev–Trinajstić information content (AvgIpc) is 2.29. The van der Waals surface area contributed by atoms with Gasteiger partial charge in [-0.2, -0.15) is 16.1 Å². The number of sulfonamides is 1. The molecule has 0 radical (unpaired) electrons. The Balaban J connectivity index is 2.33. The first-order valence-electron chi connectivity index (χ1n) is 5.24. The summed E-state index contributed by atoms with van der Waals surface area (Å²) in [6.07, 6.45) is 1.48. The van der Waals surface area contributed by atoms with Gasteiger partial charge in [-0.15, -0.1) is 0 Å². The number of nitrogens with zero attached hydrogens (tertiary/aromatic N) is 2. The van der Waals surface area contributed by atoms with Crippen LogP contribution in [0.25, 0.3) is 0 Å². The van der Waals surface area contributed by atoms with E-state index in [2.05, 4.69) is 4.98 Å². The largest absolute Gasteiger partial charge is 0.246 e. The van der Waals surface area contributed by atoms with E-state index in [1.54, 1.807) is 17.8 Å². The fourth-order valence-corrected chi connectivity index (χ4v) is 4.89. The highest BCUT2D eigenvalue weighted by Crippen LogP contribution is 2.26. The number of rotatable bonds is 2. The normalized spacial score (nSPS) is 22.6. The zero-order valence-corrected chi connectivity index (χ0v) is 11.7. The second kappa shape index (κ2) is 5.14. The molecule has 1 unspecified atom stereocenters. The predicted octanol–water partition coefficient (Wildman–Crippen LogP) is 1.86. The molecule has 1 saturated heterocycles. The third-order valence-electron chi connectivity index (χ3n) is 2.55. The van der Waals surface area contributed by atoms with Gasteiger partial charge in [0.25, 0.3) is 0 Å². The van der Waals surface area contributed by atoms with Gasteiger partial charge in [0.1, 0.15) is 10.0 Å². The lowest BCUT2D eigenvalue weighted by Crippen LogP contribution is -2.41. The van der Waals surface area contributed by atoms with Crippen LogP contribution in [0.2, 0.25) is 5.15 Å². The summed E-state index contributed by atoms with van der Waals surface area (Å²) in [6, 6.07) is 3.08. The first-order valence-corrected chi connectivity index (χ1v) is 8.11. The molecule has 0 aromatic carbocycles. The standard InChI is InChI=1S/C10H13ClN2O2S2/c1-8-7-13(5-6-16-8)17(14,15)9-3-2-4-12-10(9)11/h2-4,8H,5-7H2,1H3. The SMILES string of the molecule is CC1CN(S(=O)(=O)c2cccnc2Cl)CCS1. The van der Waals surface area contributed by atoms with Crippen LogP contribution in [-0.2, 0) is 10.0 Å². The Morgan fingerprint density at radius 1 is 1.59 bits per heavy atom. The maximum atomic E-state index is 12.3. The van der Waals surface area contributed by atoms with Gasteiger partial charge in [-0.25, -0.2) is 13.4 Å². The highest BCUT2D eigenvalue weighted by atomic mass is 35.5. The maximum Gasteiger partial charge on any atom is 0.246 e. The van der Waals surface area contributed by atoms with Gasteiger partial charge in [-0.3, -0.25) is 0 Å². The summed E-state index contributed by atoms with van der Waals surface area (Å²) in [7, 11) is -3.50. The Hall–Kier alpha value is -0.300. The zero-order valence-electron chi connectivity index (χ0n) is 9.34. The summed E-state index contributed by atoms with van der Waals surface area (Å²) in [5, 5.41) is 0.354. The van der Waals surface area contributed by atoms with Gasteiger partial charge in [-0.1, -0.05) is 18.5 Å².